The Labute approximate surface area is 213 Å². The van der Waals surface area contributed by atoms with Gasteiger partial charge in [-0.1, -0.05) is 54.6 Å². The van der Waals surface area contributed by atoms with Gasteiger partial charge in [0, 0.05) is 18.1 Å². The zero-order valence-electron chi connectivity index (χ0n) is 20.1. The summed E-state index contributed by atoms with van der Waals surface area (Å²) in [7, 11) is 1.55. The number of carboxylic acids is 1. The summed E-state index contributed by atoms with van der Waals surface area (Å²) < 4.78 is 11.2. The van der Waals surface area contributed by atoms with E-state index in [2.05, 4.69) is 10.6 Å². The quantitative estimate of drug-likeness (QED) is 0.275. The Morgan fingerprint density at radius 3 is 2.38 bits per heavy atom. The van der Waals surface area contributed by atoms with Crippen LogP contribution in [-0.2, 0) is 9.59 Å². The summed E-state index contributed by atoms with van der Waals surface area (Å²) in [6, 6.07) is 25.5. The molecular weight excluding hydrogens is 472 g/mol. The van der Waals surface area contributed by atoms with Crippen molar-refractivity contribution in [3.8, 4) is 17.2 Å². The predicted molar refractivity (Wildman–Crippen MR) is 140 cm³/mol. The van der Waals surface area contributed by atoms with Crippen LogP contribution in [0.2, 0.25) is 0 Å². The Kier molecular flexibility index (Phi) is 8.00. The number of carbonyl (C=O) groups is 3. The van der Waals surface area contributed by atoms with Crippen molar-refractivity contribution in [2.75, 3.05) is 12.4 Å². The Morgan fingerprint density at radius 2 is 1.57 bits per heavy atom. The molecule has 4 rings (SSSR count). The van der Waals surface area contributed by atoms with Crippen molar-refractivity contribution in [2.24, 2.45) is 0 Å². The van der Waals surface area contributed by atoms with E-state index in [0.29, 0.717) is 28.5 Å². The number of ether oxygens (including phenoxy) is 2. The number of carbonyl (C=O) groups excluding carboxylic acids is 2. The zero-order chi connectivity index (χ0) is 26.2. The monoisotopic (exact) mass is 498 g/mol. The summed E-state index contributed by atoms with van der Waals surface area (Å²) in [6.45, 7) is 0. The third-order valence-electron chi connectivity index (χ3n) is 5.72. The lowest BCUT2D eigenvalue weighted by molar-refractivity contribution is -0.137. The largest absolute Gasteiger partial charge is 0.497 e. The minimum absolute atomic E-state index is 0.0867. The molecule has 4 aromatic rings. The number of amides is 2. The first kappa shape index (κ1) is 25.2. The number of hydrogen-bond acceptors (Lipinski definition) is 5. The van der Waals surface area contributed by atoms with E-state index in [0.717, 1.165) is 10.8 Å². The number of methoxy groups -OCH3 is 1. The molecule has 4 aromatic carbocycles. The molecule has 1 atom stereocenters. The molecule has 0 spiro atoms. The van der Waals surface area contributed by atoms with Gasteiger partial charge in [-0.05, 0) is 47.5 Å². The Balaban J connectivity index is 1.55. The fraction of sp³-hybridized carbons (Fsp3) is 0.138. The molecule has 3 N–H and O–H groups in total. The van der Waals surface area contributed by atoms with Crippen molar-refractivity contribution in [2.45, 2.75) is 18.9 Å². The van der Waals surface area contributed by atoms with Crippen LogP contribution in [0.3, 0.4) is 0 Å². The van der Waals surface area contributed by atoms with Gasteiger partial charge in [0.25, 0.3) is 5.91 Å². The summed E-state index contributed by atoms with van der Waals surface area (Å²) in [5.41, 5.74) is 0.767. The first-order chi connectivity index (χ1) is 17.9. The summed E-state index contributed by atoms with van der Waals surface area (Å²) in [5, 5.41) is 16.3. The predicted octanol–water partition coefficient (Wildman–Crippen LogP) is 5.24. The van der Waals surface area contributed by atoms with Crippen molar-refractivity contribution in [3.63, 3.8) is 0 Å². The lowest BCUT2D eigenvalue weighted by atomic mass is 10.0. The number of aliphatic carboxylic acids is 1. The van der Waals surface area contributed by atoms with Crippen LogP contribution in [0.1, 0.15) is 23.2 Å². The molecule has 0 aliphatic carbocycles. The van der Waals surface area contributed by atoms with Crippen molar-refractivity contribution < 1.29 is 29.0 Å². The minimum atomic E-state index is -1.09. The first-order valence-electron chi connectivity index (χ1n) is 11.7. The Bertz CT molecular complexity index is 1430. The smallest absolute Gasteiger partial charge is 0.303 e. The molecule has 37 heavy (non-hydrogen) atoms. The highest BCUT2D eigenvalue weighted by Crippen LogP contribution is 2.31. The third-order valence-corrected chi connectivity index (χ3v) is 5.72. The normalized spacial score (nSPS) is 11.4. The molecule has 0 saturated carbocycles. The number of hydrogen-bond donors (Lipinski definition) is 3. The molecule has 0 aliphatic rings. The summed E-state index contributed by atoms with van der Waals surface area (Å²) >= 11 is 0. The summed E-state index contributed by atoms with van der Waals surface area (Å²) in [5.74, 6) is -0.600. The van der Waals surface area contributed by atoms with E-state index in [1.807, 2.05) is 30.3 Å². The number of benzene rings is 4. The van der Waals surface area contributed by atoms with E-state index in [-0.39, 0.29) is 12.8 Å². The molecule has 2 amide bonds. The highest BCUT2D eigenvalue weighted by molar-refractivity contribution is 6.09. The number of nitrogens with one attached hydrogen (secondary N) is 2. The van der Waals surface area contributed by atoms with Crippen LogP contribution in [0.25, 0.3) is 10.8 Å². The highest BCUT2D eigenvalue weighted by Gasteiger charge is 2.24. The van der Waals surface area contributed by atoms with Gasteiger partial charge in [-0.15, -0.1) is 0 Å². The second-order valence-electron chi connectivity index (χ2n) is 8.25. The van der Waals surface area contributed by atoms with Gasteiger partial charge in [-0.25, -0.2) is 0 Å². The van der Waals surface area contributed by atoms with Crippen molar-refractivity contribution >= 4 is 34.2 Å². The Morgan fingerprint density at radius 1 is 0.865 bits per heavy atom. The molecule has 0 fully saturated rings. The number of fused-ring (bicyclic) bond motifs is 1. The molecule has 0 aliphatic heterocycles. The van der Waals surface area contributed by atoms with E-state index in [1.165, 1.54) is 0 Å². The maximum absolute atomic E-state index is 13.3. The number of para-hydroxylation sites is 2. The molecule has 8 heteroatoms. The lowest BCUT2D eigenvalue weighted by Crippen LogP contribution is -2.44. The van der Waals surface area contributed by atoms with E-state index < -0.39 is 23.8 Å². The summed E-state index contributed by atoms with van der Waals surface area (Å²) in [6.07, 6.45) is -0.382. The second kappa shape index (κ2) is 11.7. The fourth-order valence-corrected chi connectivity index (χ4v) is 3.87. The Hall–Kier alpha value is -4.85. The number of anilines is 1. The average molecular weight is 499 g/mol. The van der Waals surface area contributed by atoms with E-state index >= 15 is 0 Å². The van der Waals surface area contributed by atoms with Gasteiger partial charge in [0.05, 0.1) is 12.8 Å². The van der Waals surface area contributed by atoms with Gasteiger partial charge in [-0.2, -0.15) is 0 Å². The number of rotatable bonds is 10. The molecule has 0 aromatic heterocycles. The van der Waals surface area contributed by atoms with Crippen LogP contribution in [0.5, 0.6) is 17.2 Å². The van der Waals surface area contributed by atoms with Gasteiger partial charge in [0.1, 0.15) is 17.5 Å². The topological polar surface area (TPSA) is 114 Å². The van der Waals surface area contributed by atoms with Gasteiger partial charge >= 0.3 is 5.97 Å². The SMILES string of the molecule is COc1cccc(Oc2ccccc2NC(=O)[C@@H](CCC(=O)O)NC(=O)c2cccc3ccccc23)c1. The molecule has 188 valence electrons. The highest BCUT2D eigenvalue weighted by atomic mass is 16.5. The van der Waals surface area contributed by atoms with Crippen LogP contribution in [0, 0.1) is 0 Å². The van der Waals surface area contributed by atoms with E-state index in [9.17, 15) is 19.5 Å². The lowest BCUT2D eigenvalue weighted by Gasteiger charge is -2.20. The van der Waals surface area contributed by atoms with Gasteiger partial charge in [0.15, 0.2) is 5.75 Å². The van der Waals surface area contributed by atoms with Crippen molar-refractivity contribution in [3.05, 3.63) is 96.6 Å². The third kappa shape index (κ3) is 6.43. The van der Waals surface area contributed by atoms with Crippen molar-refractivity contribution in [1.29, 1.82) is 0 Å². The molecular formula is C29H26N2O6. The average Bonchev–Trinajstić information content (AvgIpc) is 2.91. The first-order valence-corrected chi connectivity index (χ1v) is 11.7. The van der Waals surface area contributed by atoms with Crippen molar-refractivity contribution in [1.82, 2.24) is 5.32 Å². The van der Waals surface area contributed by atoms with E-state index in [1.54, 1.807) is 67.8 Å². The molecule has 0 saturated heterocycles. The molecule has 8 nitrogen and oxygen atoms in total. The second-order valence-corrected chi connectivity index (χ2v) is 8.25. The standard InChI is InChI=1S/C29H26N2O6/c1-36-20-10-7-11-21(18-20)37-26-15-5-4-14-24(26)30-29(35)25(16-17-27(32)33)31-28(34)23-13-6-9-19-8-2-3-12-22(19)23/h2-15,18,25H,16-17H2,1H3,(H,30,35)(H,31,34)(H,32,33)/t25-/m1/s1. The molecule has 0 bridgehead atoms. The van der Waals surface area contributed by atoms with Gasteiger partial charge in [-0.3, -0.25) is 14.4 Å². The van der Waals surface area contributed by atoms with Gasteiger partial charge < -0.3 is 25.2 Å². The van der Waals surface area contributed by atoms with Crippen LogP contribution < -0.4 is 20.1 Å². The molecule has 0 unspecified atom stereocenters. The van der Waals surface area contributed by atoms with Crippen LogP contribution in [0.4, 0.5) is 5.69 Å². The fourth-order valence-electron chi connectivity index (χ4n) is 3.87. The van der Waals surface area contributed by atoms with E-state index in [4.69, 9.17) is 9.47 Å². The summed E-state index contributed by atoms with van der Waals surface area (Å²) in [4.78, 5) is 37.7. The minimum Gasteiger partial charge on any atom is -0.497 e. The number of carboxylic acid groups (broad SMARTS) is 1. The maximum atomic E-state index is 13.3. The molecule has 0 radical (unpaired) electrons. The van der Waals surface area contributed by atoms with Crippen LogP contribution in [-0.4, -0.2) is 36.0 Å². The maximum Gasteiger partial charge on any atom is 0.303 e. The molecule has 0 heterocycles. The van der Waals surface area contributed by atoms with Crippen LogP contribution >= 0.6 is 0 Å². The van der Waals surface area contributed by atoms with Crippen LogP contribution in [0.15, 0.2) is 91.0 Å². The zero-order valence-corrected chi connectivity index (χ0v) is 20.1. The van der Waals surface area contributed by atoms with Gasteiger partial charge in [0.2, 0.25) is 5.91 Å².